The van der Waals surface area contributed by atoms with Gasteiger partial charge in [-0.15, -0.1) is 0 Å². The number of amidine groups is 1. The molecule has 0 saturated heterocycles. The van der Waals surface area contributed by atoms with Crippen LogP contribution in [0.5, 0.6) is 5.75 Å². The number of nitrogens with zero attached hydrogens (tertiary/aromatic N) is 3. The smallest absolute Gasteiger partial charge is 0.261 e. The molecule has 0 radical (unpaired) electrons. The summed E-state index contributed by atoms with van der Waals surface area (Å²) in [5, 5.41) is 6.58. The fourth-order valence-corrected chi connectivity index (χ4v) is 5.06. The predicted molar refractivity (Wildman–Crippen MR) is 165 cm³/mol. The first-order valence-corrected chi connectivity index (χ1v) is 14.4. The van der Waals surface area contributed by atoms with E-state index in [0.29, 0.717) is 36.7 Å². The van der Waals surface area contributed by atoms with Crippen molar-refractivity contribution in [2.75, 3.05) is 13.7 Å². The molecular formula is C34H36N4O4. The first kappa shape index (κ1) is 28.8. The Kier molecular flexibility index (Phi) is 9.12. The Bertz CT molecular complexity index is 1620. The summed E-state index contributed by atoms with van der Waals surface area (Å²) >= 11 is 0. The third kappa shape index (κ3) is 6.60. The minimum atomic E-state index is -0.0487. The summed E-state index contributed by atoms with van der Waals surface area (Å²) in [6, 6.07) is 23.5. The molecule has 0 bridgehead atoms. The summed E-state index contributed by atoms with van der Waals surface area (Å²) in [6.45, 7) is 5.15. The van der Waals surface area contributed by atoms with Gasteiger partial charge >= 0.3 is 0 Å². The van der Waals surface area contributed by atoms with Gasteiger partial charge in [-0.2, -0.15) is 0 Å². The lowest BCUT2D eigenvalue weighted by Gasteiger charge is -2.17. The van der Waals surface area contributed by atoms with Crippen molar-refractivity contribution in [2.45, 2.75) is 46.1 Å². The highest BCUT2D eigenvalue weighted by Gasteiger charge is 2.22. The van der Waals surface area contributed by atoms with Crippen LogP contribution in [0, 0.1) is 12.8 Å². The Morgan fingerprint density at radius 3 is 2.43 bits per heavy atom. The number of hydrogen-bond acceptors (Lipinski definition) is 6. The van der Waals surface area contributed by atoms with Gasteiger partial charge in [0.05, 0.1) is 24.4 Å². The van der Waals surface area contributed by atoms with Crippen molar-refractivity contribution >= 4 is 12.2 Å². The van der Waals surface area contributed by atoms with Crippen LogP contribution < -0.4 is 15.6 Å². The fourth-order valence-electron chi connectivity index (χ4n) is 5.06. The number of carbonyl (C=O) groups excluding carboxylic acids is 1. The standard InChI is InChI=1S/C34H36N4O4/c1-4-7-31-36-23(2)32(27-16-18-28(19-17-27)42-21-25-10-11-25)34(40)38(31)20-24-12-14-26(15-13-24)29-8-5-6-9-30(29)33(35-22-39)37-41-3/h5-6,8-9,12-19,22,25H,4,7,10-11,20-21H2,1-3H3,(H,35,37,39). The van der Waals surface area contributed by atoms with Gasteiger partial charge in [0.1, 0.15) is 18.7 Å². The molecule has 1 aromatic heterocycles. The van der Waals surface area contributed by atoms with Crippen LogP contribution in [0.1, 0.15) is 48.8 Å². The first-order valence-electron chi connectivity index (χ1n) is 14.4. The number of aryl methyl sites for hydroxylation is 2. The molecule has 0 aliphatic heterocycles. The maximum absolute atomic E-state index is 14.0. The highest BCUT2D eigenvalue weighted by atomic mass is 16.6. The highest BCUT2D eigenvalue weighted by molar-refractivity contribution is 6.08. The second kappa shape index (κ2) is 13.3. The van der Waals surface area contributed by atoms with E-state index < -0.39 is 0 Å². The van der Waals surface area contributed by atoms with E-state index in [-0.39, 0.29) is 5.56 Å². The lowest BCUT2D eigenvalue weighted by molar-refractivity contribution is -0.108. The summed E-state index contributed by atoms with van der Waals surface area (Å²) < 4.78 is 7.69. The minimum Gasteiger partial charge on any atom is -0.493 e. The third-order valence-electron chi connectivity index (χ3n) is 7.39. The van der Waals surface area contributed by atoms with Gasteiger partial charge in [-0.05, 0) is 66.5 Å². The normalized spacial score (nSPS) is 13.1. The van der Waals surface area contributed by atoms with E-state index in [2.05, 4.69) is 17.4 Å². The highest BCUT2D eigenvalue weighted by Crippen LogP contribution is 2.30. The van der Waals surface area contributed by atoms with E-state index in [1.807, 2.05) is 79.7 Å². The number of benzene rings is 3. The Hall–Kier alpha value is -4.72. The van der Waals surface area contributed by atoms with Gasteiger partial charge < -0.3 is 14.9 Å². The molecule has 1 saturated carbocycles. The van der Waals surface area contributed by atoms with Crippen LogP contribution in [-0.2, 0) is 22.6 Å². The molecule has 1 aliphatic carbocycles. The molecule has 1 fully saturated rings. The van der Waals surface area contributed by atoms with E-state index in [4.69, 9.17) is 14.6 Å². The van der Waals surface area contributed by atoms with Crippen LogP contribution in [0.25, 0.3) is 22.3 Å². The van der Waals surface area contributed by atoms with Crippen molar-refractivity contribution < 1.29 is 14.4 Å². The molecule has 0 atom stereocenters. The van der Waals surface area contributed by atoms with Crippen LogP contribution in [0.4, 0.5) is 0 Å². The van der Waals surface area contributed by atoms with Gasteiger partial charge in [0.25, 0.3) is 5.56 Å². The largest absolute Gasteiger partial charge is 0.493 e. The number of hydrogen-bond donors (Lipinski definition) is 1. The predicted octanol–water partition coefficient (Wildman–Crippen LogP) is 5.73. The van der Waals surface area contributed by atoms with Crippen molar-refractivity contribution in [3.63, 3.8) is 0 Å². The van der Waals surface area contributed by atoms with Crippen LogP contribution in [0.3, 0.4) is 0 Å². The van der Waals surface area contributed by atoms with Gasteiger partial charge in [0.15, 0.2) is 5.84 Å². The molecule has 8 heteroatoms. The Labute approximate surface area is 246 Å². The average Bonchev–Trinajstić information content (AvgIpc) is 3.84. The SMILES string of the molecule is CCCc1nc(C)c(-c2ccc(OCC3CC3)cc2)c(=O)n1Cc1ccc(-c2ccccc2/C(=N/OC)NC=O)cc1. The fraction of sp³-hybridized carbons (Fsp3) is 0.294. The van der Waals surface area contributed by atoms with Gasteiger partial charge in [0, 0.05) is 12.0 Å². The van der Waals surface area contributed by atoms with E-state index in [9.17, 15) is 9.59 Å². The number of amides is 1. The molecule has 8 nitrogen and oxygen atoms in total. The zero-order valence-electron chi connectivity index (χ0n) is 24.3. The second-order valence-electron chi connectivity index (χ2n) is 10.5. The molecule has 1 aliphatic rings. The monoisotopic (exact) mass is 564 g/mol. The van der Waals surface area contributed by atoms with Crippen molar-refractivity contribution in [3.8, 4) is 28.0 Å². The molecular weight excluding hydrogens is 528 g/mol. The number of carbonyl (C=O) groups is 1. The summed E-state index contributed by atoms with van der Waals surface area (Å²) in [7, 11) is 1.43. The topological polar surface area (TPSA) is 94.8 Å². The van der Waals surface area contributed by atoms with E-state index in [1.54, 1.807) is 4.57 Å². The molecule has 5 rings (SSSR count). The molecule has 3 aromatic carbocycles. The minimum absolute atomic E-state index is 0.0487. The molecule has 1 heterocycles. The number of rotatable bonds is 12. The molecule has 1 N–H and O–H groups in total. The van der Waals surface area contributed by atoms with Crippen molar-refractivity contribution in [1.29, 1.82) is 0 Å². The van der Waals surface area contributed by atoms with Gasteiger partial charge in [-0.1, -0.05) is 72.7 Å². The average molecular weight is 565 g/mol. The third-order valence-corrected chi connectivity index (χ3v) is 7.39. The molecule has 0 spiro atoms. The van der Waals surface area contributed by atoms with Crippen LogP contribution in [0.15, 0.2) is 82.7 Å². The maximum atomic E-state index is 14.0. The second-order valence-corrected chi connectivity index (χ2v) is 10.5. The summed E-state index contributed by atoms with van der Waals surface area (Å²) in [5.74, 6) is 2.61. The van der Waals surface area contributed by atoms with Crippen molar-refractivity contribution in [3.05, 3.63) is 106 Å². The van der Waals surface area contributed by atoms with Gasteiger partial charge in [0.2, 0.25) is 6.41 Å². The number of ether oxygens (including phenoxy) is 1. The van der Waals surface area contributed by atoms with E-state index >= 15 is 0 Å². The quantitative estimate of drug-likeness (QED) is 0.103. The van der Waals surface area contributed by atoms with Gasteiger partial charge in [-0.25, -0.2) is 4.98 Å². The molecule has 216 valence electrons. The van der Waals surface area contributed by atoms with Crippen LogP contribution in [0.2, 0.25) is 0 Å². The zero-order chi connectivity index (χ0) is 29.5. The lowest BCUT2D eigenvalue weighted by atomic mass is 9.98. The van der Waals surface area contributed by atoms with Gasteiger partial charge in [-0.3, -0.25) is 14.2 Å². The molecule has 0 unspecified atom stereocenters. The zero-order valence-corrected chi connectivity index (χ0v) is 24.3. The number of nitrogens with one attached hydrogen (secondary N) is 1. The molecule has 1 amide bonds. The lowest BCUT2D eigenvalue weighted by Crippen LogP contribution is -2.28. The Balaban J connectivity index is 1.44. The van der Waals surface area contributed by atoms with E-state index in [0.717, 1.165) is 58.1 Å². The molecule has 42 heavy (non-hydrogen) atoms. The maximum Gasteiger partial charge on any atom is 0.261 e. The molecule has 4 aromatic rings. The first-order chi connectivity index (χ1) is 20.5. The van der Waals surface area contributed by atoms with Crippen molar-refractivity contribution in [1.82, 2.24) is 14.9 Å². The summed E-state index contributed by atoms with van der Waals surface area (Å²) in [6.07, 6.45) is 4.65. The number of aromatic nitrogens is 2. The Morgan fingerprint density at radius 2 is 1.76 bits per heavy atom. The van der Waals surface area contributed by atoms with Crippen molar-refractivity contribution in [2.24, 2.45) is 11.1 Å². The Morgan fingerprint density at radius 1 is 1.05 bits per heavy atom. The van der Waals surface area contributed by atoms with Crippen LogP contribution >= 0.6 is 0 Å². The van der Waals surface area contributed by atoms with E-state index in [1.165, 1.54) is 20.0 Å². The van der Waals surface area contributed by atoms with Crippen LogP contribution in [-0.4, -0.2) is 35.5 Å². The summed E-state index contributed by atoms with van der Waals surface area (Å²) in [4.78, 5) is 34.9. The number of oxime groups is 1. The summed E-state index contributed by atoms with van der Waals surface area (Å²) in [5.41, 5.74) is 5.68.